The summed E-state index contributed by atoms with van der Waals surface area (Å²) in [6.45, 7) is 0.380. The number of primary amides is 1. The predicted molar refractivity (Wildman–Crippen MR) is 125 cm³/mol. The topological polar surface area (TPSA) is 125 Å². The van der Waals surface area contributed by atoms with Gasteiger partial charge in [-0.3, -0.25) is 14.2 Å². The molecule has 2 aromatic heterocycles. The van der Waals surface area contributed by atoms with Crippen LogP contribution in [0.3, 0.4) is 0 Å². The molecule has 32 heavy (non-hydrogen) atoms. The fourth-order valence-electron chi connectivity index (χ4n) is 3.03. The highest BCUT2D eigenvalue weighted by Gasteiger charge is 2.14. The number of hydrogen-bond acceptors (Lipinski definition) is 9. The van der Waals surface area contributed by atoms with Gasteiger partial charge in [0.1, 0.15) is 18.1 Å². The van der Waals surface area contributed by atoms with Gasteiger partial charge in [-0.25, -0.2) is 4.98 Å². The molecular formula is C21H20N6O3S2. The highest BCUT2D eigenvalue weighted by Crippen LogP contribution is 2.28. The van der Waals surface area contributed by atoms with E-state index in [-0.39, 0.29) is 12.1 Å². The number of fused-ring (bicyclic) bond motifs is 1. The van der Waals surface area contributed by atoms with Crippen LogP contribution in [-0.2, 0) is 23.6 Å². The molecule has 0 aliphatic heterocycles. The standard InChI is InChI=1S/C21H20N6O3S2/c1-30-14-8-6-13(7-9-14)10-23-20-25-26-21(32-20)31-12-18-24-16-5-3-2-4-15(16)19(29)27(18)11-17(22)28/h2-9H,10-12H2,1H3,(H2,22,28)(H,23,25). The van der Waals surface area contributed by atoms with Crippen LogP contribution in [0, 0.1) is 0 Å². The number of aromatic nitrogens is 4. The van der Waals surface area contributed by atoms with E-state index >= 15 is 0 Å². The molecule has 0 atom stereocenters. The summed E-state index contributed by atoms with van der Waals surface area (Å²) >= 11 is 2.80. The summed E-state index contributed by atoms with van der Waals surface area (Å²) in [5.41, 5.74) is 6.72. The van der Waals surface area contributed by atoms with E-state index in [1.54, 1.807) is 25.3 Å². The molecule has 0 fully saturated rings. The summed E-state index contributed by atoms with van der Waals surface area (Å²) < 4.78 is 7.20. The van der Waals surface area contributed by atoms with Crippen molar-refractivity contribution in [3.63, 3.8) is 0 Å². The molecule has 0 aliphatic rings. The molecule has 164 valence electrons. The zero-order valence-electron chi connectivity index (χ0n) is 17.1. The van der Waals surface area contributed by atoms with Crippen molar-refractivity contribution in [2.75, 3.05) is 12.4 Å². The molecular weight excluding hydrogens is 448 g/mol. The number of nitrogens with two attached hydrogens (primary N) is 1. The number of hydrogen-bond donors (Lipinski definition) is 2. The average molecular weight is 469 g/mol. The van der Waals surface area contributed by atoms with Crippen LogP contribution in [0.15, 0.2) is 57.7 Å². The van der Waals surface area contributed by atoms with E-state index in [4.69, 9.17) is 10.5 Å². The van der Waals surface area contributed by atoms with Crippen LogP contribution >= 0.6 is 23.1 Å². The Morgan fingerprint density at radius 2 is 1.97 bits per heavy atom. The number of nitrogens with zero attached hydrogens (tertiary/aromatic N) is 4. The molecule has 0 spiro atoms. The van der Waals surface area contributed by atoms with Crippen molar-refractivity contribution in [1.82, 2.24) is 19.7 Å². The van der Waals surface area contributed by atoms with E-state index in [0.717, 1.165) is 15.7 Å². The third-order valence-corrected chi connectivity index (χ3v) is 6.60. The van der Waals surface area contributed by atoms with Gasteiger partial charge in [0.2, 0.25) is 11.0 Å². The largest absolute Gasteiger partial charge is 0.497 e. The molecule has 3 N–H and O–H groups in total. The van der Waals surface area contributed by atoms with Gasteiger partial charge in [-0.1, -0.05) is 47.4 Å². The van der Waals surface area contributed by atoms with Crippen LogP contribution in [0.2, 0.25) is 0 Å². The first-order valence-electron chi connectivity index (χ1n) is 9.63. The van der Waals surface area contributed by atoms with Gasteiger partial charge in [0.05, 0.1) is 23.8 Å². The molecule has 9 nitrogen and oxygen atoms in total. The van der Waals surface area contributed by atoms with Crippen molar-refractivity contribution >= 4 is 45.0 Å². The van der Waals surface area contributed by atoms with Crippen LogP contribution in [0.25, 0.3) is 10.9 Å². The number of carbonyl (C=O) groups excluding carboxylic acids is 1. The number of amides is 1. The van der Waals surface area contributed by atoms with Crippen molar-refractivity contribution in [3.8, 4) is 5.75 Å². The molecule has 11 heteroatoms. The first-order chi connectivity index (χ1) is 15.5. The number of rotatable bonds is 9. The highest BCUT2D eigenvalue weighted by atomic mass is 32.2. The summed E-state index contributed by atoms with van der Waals surface area (Å²) in [7, 11) is 1.63. The van der Waals surface area contributed by atoms with Gasteiger partial charge in [0.25, 0.3) is 5.56 Å². The minimum Gasteiger partial charge on any atom is -0.497 e. The molecule has 2 aromatic carbocycles. The summed E-state index contributed by atoms with van der Waals surface area (Å²) in [4.78, 5) is 28.9. The minimum atomic E-state index is -0.601. The van der Waals surface area contributed by atoms with Crippen molar-refractivity contribution in [2.45, 2.75) is 23.2 Å². The molecule has 1 amide bonds. The summed E-state index contributed by atoms with van der Waals surface area (Å²) in [5, 5.41) is 12.7. The van der Waals surface area contributed by atoms with Crippen LogP contribution in [0.1, 0.15) is 11.4 Å². The van der Waals surface area contributed by atoms with E-state index < -0.39 is 5.91 Å². The van der Waals surface area contributed by atoms with Crippen LogP contribution in [0.5, 0.6) is 5.75 Å². The molecule has 0 bridgehead atoms. The Bertz CT molecular complexity index is 1300. The van der Waals surface area contributed by atoms with Crippen molar-refractivity contribution in [1.29, 1.82) is 0 Å². The van der Waals surface area contributed by atoms with E-state index in [2.05, 4.69) is 20.5 Å². The van der Waals surface area contributed by atoms with Crippen molar-refractivity contribution in [2.24, 2.45) is 5.73 Å². The van der Waals surface area contributed by atoms with Crippen LogP contribution in [0.4, 0.5) is 5.13 Å². The Balaban J connectivity index is 1.46. The molecule has 4 aromatic rings. The first-order valence-corrected chi connectivity index (χ1v) is 11.4. The Morgan fingerprint density at radius 3 is 2.72 bits per heavy atom. The van der Waals surface area contributed by atoms with E-state index in [1.165, 1.54) is 27.7 Å². The third kappa shape index (κ3) is 5.06. The minimum absolute atomic E-state index is 0.225. The van der Waals surface area contributed by atoms with E-state index in [1.807, 2.05) is 30.3 Å². The second-order valence-electron chi connectivity index (χ2n) is 6.77. The quantitative estimate of drug-likeness (QED) is 0.359. The molecule has 0 aliphatic carbocycles. The lowest BCUT2D eigenvalue weighted by Crippen LogP contribution is -2.31. The Morgan fingerprint density at radius 1 is 1.19 bits per heavy atom. The van der Waals surface area contributed by atoms with E-state index in [0.29, 0.717) is 34.2 Å². The fourth-order valence-corrected chi connectivity index (χ4v) is 4.72. The van der Waals surface area contributed by atoms with Gasteiger partial charge in [-0.05, 0) is 29.8 Å². The monoisotopic (exact) mass is 468 g/mol. The lowest BCUT2D eigenvalue weighted by atomic mass is 10.2. The van der Waals surface area contributed by atoms with Crippen molar-refractivity contribution in [3.05, 3.63) is 70.3 Å². The van der Waals surface area contributed by atoms with Gasteiger partial charge in [-0.2, -0.15) is 0 Å². The van der Waals surface area contributed by atoms with E-state index in [9.17, 15) is 9.59 Å². The zero-order chi connectivity index (χ0) is 22.5. The van der Waals surface area contributed by atoms with Crippen LogP contribution < -0.4 is 21.3 Å². The summed E-state index contributed by atoms with van der Waals surface area (Å²) in [5.74, 6) is 1.01. The molecule has 4 rings (SSSR count). The van der Waals surface area contributed by atoms with Gasteiger partial charge in [-0.15, -0.1) is 10.2 Å². The van der Waals surface area contributed by atoms with Crippen LogP contribution in [-0.4, -0.2) is 32.8 Å². The van der Waals surface area contributed by atoms with Gasteiger partial charge in [0, 0.05) is 6.54 Å². The third-order valence-electron chi connectivity index (χ3n) is 4.59. The van der Waals surface area contributed by atoms with Crippen molar-refractivity contribution < 1.29 is 9.53 Å². The summed E-state index contributed by atoms with van der Waals surface area (Å²) in [6.07, 6.45) is 0. The Kier molecular flexibility index (Phi) is 6.66. The lowest BCUT2D eigenvalue weighted by Gasteiger charge is -2.11. The maximum absolute atomic E-state index is 12.8. The number of anilines is 1. The number of ether oxygens (including phenoxy) is 1. The smallest absolute Gasteiger partial charge is 0.261 e. The molecule has 0 saturated heterocycles. The van der Waals surface area contributed by atoms with Gasteiger partial charge < -0.3 is 15.8 Å². The number of benzene rings is 2. The number of nitrogens with one attached hydrogen (secondary N) is 1. The average Bonchev–Trinajstić information content (AvgIpc) is 3.26. The first kappa shape index (κ1) is 21.8. The lowest BCUT2D eigenvalue weighted by molar-refractivity contribution is -0.118. The molecule has 0 saturated carbocycles. The number of thioether (sulfide) groups is 1. The molecule has 0 radical (unpaired) electrons. The zero-order valence-corrected chi connectivity index (χ0v) is 18.8. The number of para-hydroxylation sites is 1. The fraction of sp³-hybridized carbons (Fsp3) is 0.190. The maximum atomic E-state index is 12.8. The predicted octanol–water partition coefficient (Wildman–Crippen LogP) is 2.65. The Labute approximate surface area is 191 Å². The maximum Gasteiger partial charge on any atom is 0.261 e. The second kappa shape index (κ2) is 9.79. The SMILES string of the molecule is COc1ccc(CNc2nnc(SCc3nc4ccccc4c(=O)n3CC(N)=O)s2)cc1. The molecule has 2 heterocycles. The normalized spacial score (nSPS) is 10.9. The number of methoxy groups -OCH3 is 1. The second-order valence-corrected chi connectivity index (χ2v) is 8.97. The Hall–Kier alpha value is -3.44. The number of carbonyl (C=O) groups is 1. The highest BCUT2D eigenvalue weighted by molar-refractivity contribution is 8.00. The van der Waals surface area contributed by atoms with Gasteiger partial charge >= 0.3 is 0 Å². The van der Waals surface area contributed by atoms with Gasteiger partial charge in [0.15, 0.2) is 4.34 Å². The molecule has 0 unspecified atom stereocenters. The summed E-state index contributed by atoms with van der Waals surface area (Å²) in [6, 6.07) is 14.8.